The van der Waals surface area contributed by atoms with Crippen LogP contribution < -0.4 is 0 Å². The predicted octanol–water partition coefficient (Wildman–Crippen LogP) is 7.07. The third-order valence-electron chi connectivity index (χ3n) is 6.67. The van der Waals surface area contributed by atoms with Gasteiger partial charge in [-0.25, -0.2) is 9.97 Å². The molecule has 0 atom stereocenters. The van der Waals surface area contributed by atoms with Crippen molar-refractivity contribution in [2.75, 3.05) is 0 Å². The van der Waals surface area contributed by atoms with Crippen LogP contribution in [0, 0.1) is 45.3 Å². The van der Waals surface area contributed by atoms with Gasteiger partial charge in [0.1, 0.15) is 35.9 Å². The molecule has 0 N–H and O–H groups in total. The second-order valence-electron chi connectivity index (χ2n) is 9.54. The monoisotopic (exact) mass is 530 g/mol. The van der Waals surface area contributed by atoms with E-state index in [0.717, 1.165) is 62.5 Å². The molecule has 1 aromatic carbocycles. The highest BCUT2D eigenvalue weighted by Gasteiger charge is 2.16. The summed E-state index contributed by atoms with van der Waals surface area (Å²) in [7, 11) is 0. The number of rotatable bonds is 14. The van der Waals surface area contributed by atoms with E-state index in [1.54, 1.807) is 0 Å². The minimum Gasteiger partial charge on any atom is -0.315 e. The average molecular weight is 531 g/mol. The summed E-state index contributed by atoms with van der Waals surface area (Å²) in [5.74, 6) is 1.20. The molecule has 8 heteroatoms. The van der Waals surface area contributed by atoms with Gasteiger partial charge in [-0.1, -0.05) is 88.8 Å². The van der Waals surface area contributed by atoms with Gasteiger partial charge < -0.3 is 9.13 Å². The number of imidazole rings is 2. The third-order valence-corrected chi connectivity index (χ3v) is 6.67. The summed E-state index contributed by atoms with van der Waals surface area (Å²) in [6.07, 6.45) is 16.0. The molecule has 2 heterocycles. The summed E-state index contributed by atoms with van der Waals surface area (Å²) in [6, 6.07) is 16.2. The lowest BCUT2D eigenvalue weighted by Gasteiger charge is -2.06. The van der Waals surface area contributed by atoms with Crippen molar-refractivity contribution < 1.29 is 0 Å². The molecule has 202 valence electrons. The van der Waals surface area contributed by atoms with Crippen molar-refractivity contribution in [2.24, 2.45) is 0 Å². The van der Waals surface area contributed by atoms with E-state index in [0.29, 0.717) is 36.1 Å². The van der Waals surface area contributed by atoms with Crippen molar-refractivity contribution in [3.8, 4) is 24.3 Å². The van der Waals surface area contributed by atoms with Crippen LogP contribution in [0.25, 0.3) is 24.3 Å². The lowest BCUT2D eigenvalue weighted by molar-refractivity contribution is 0.576. The molecule has 2 aromatic heterocycles. The van der Waals surface area contributed by atoms with Crippen LogP contribution >= 0.6 is 0 Å². The summed E-state index contributed by atoms with van der Waals surface area (Å²) >= 11 is 0. The van der Waals surface area contributed by atoms with Crippen LogP contribution in [0.5, 0.6) is 0 Å². The number of benzene rings is 1. The van der Waals surface area contributed by atoms with Gasteiger partial charge in [0.15, 0.2) is 22.8 Å². The van der Waals surface area contributed by atoms with E-state index in [2.05, 4.69) is 36.0 Å². The Balaban J connectivity index is 1.77. The smallest absolute Gasteiger partial charge is 0.177 e. The van der Waals surface area contributed by atoms with Crippen LogP contribution in [-0.2, 0) is 13.1 Å². The Hall–Kier alpha value is -4.92. The van der Waals surface area contributed by atoms with Gasteiger partial charge in [-0.05, 0) is 36.1 Å². The molecule has 3 aromatic rings. The molecule has 0 fully saturated rings. The summed E-state index contributed by atoms with van der Waals surface area (Å²) in [6.45, 7) is 5.60. The van der Waals surface area contributed by atoms with E-state index in [1.807, 2.05) is 69.8 Å². The molecular weight excluding hydrogens is 496 g/mol. The molecule has 0 spiro atoms. The topological polar surface area (TPSA) is 131 Å². The van der Waals surface area contributed by atoms with Crippen LogP contribution in [0.1, 0.15) is 111 Å². The maximum Gasteiger partial charge on any atom is 0.177 e. The number of hydrogen-bond acceptors (Lipinski definition) is 6. The van der Waals surface area contributed by atoms with Gasteiger partial charge in [0.2, 0.25) is 0 Å². The lowest BCUT2D eigenvalue weighted by Crippen LogP contribution is -2.04. The third kappa shape index (κ3) is 7.57. The fourth-order valence-electron chi connectivity index (χ4n) is 4.48. The number of aromatic nitrogens is 4. The van der Waals surface area contributed by atoms with E-state index in [-0.39, 0.29) is 11.4 Å². The first kappa shape index (κ1) is 29.6. The highest BCUT2D eigenvalue weighted by molar-refractivity contribution is 5.71. The van der Waals surface area contributed by atoms with Crippen molar-refractivity contribution in [3.05, 3.63) is 69.8 Å². The number of nitriles is 4. The number of hydrogen-bond donors (Lipinski definition) is 0. The molecule has 40 heavy (non-hydrogen) atoms. The van der Waals surface area contributed by atoms with Gasteiger partial charge in [-0.2, -0.15) is 21.0 Å². The first-order valence-corrected chi connectivity index (χ1v) is 13.9. The molecule has 0 bridgehead atoms. The SMILES string of the molecule is CCCCCCn1c(/C=C/c2ccc(/C=C/c3nc(C#N)c(C#N)n3CCCCCC)cc2)nc(C#N)c1C#N. The van der Waals surface area contributed by atoms with Crippen LogP contribution in [0.15, 0.2) is 24.3 Å². The molecule has 8 nitrogen and oxygen atoms in total. The highest BCUT2D eigenvalue weighted by Crippen LogP contribution is 2.18. The average Bonchev–Trinajstić information content (AvgIpc) is 3.52. The Kier molecular flexibility index (Phi) is 11.5. The zero-order valence-corrected chi connectivity index (χ0v) is 23.3. The molecular formula is C32H34N8. The number of unbranched alkanes of at least 4 members (excludes halogenated alkanes) is 6. The molecule has 0 saturated carbocycles. The van der Waals surface area contributed by atoms with Gasteiger partial charge in [0.25, 0.3) is 0 Å². The van der Waals surface area contributed by atoms with Crippen molar-refractivity contribution in [1.29, 1.82) is 21.0 Å². The standard InChI is InChI=1S/C32H34N8/c1-3-5-7-9-19-39-29(23-35)27(21-33)37-31(39)17-15-25-11-13-26(14-12-25)16-18-32-38-28(22-34)30(24-36)40(32)20-10-8-6-4-2/h11-18H,3-10,19-20H2,1-2H3/b17-15+,18-16+. The fraction of sp³-hybridized carbons (Fsp3) is 0.375. The van der Waals surface area contributed by atoms with Crippen molar-refractivity contribution >= 4 is 24.3 Å². The van der Waals surface area contributed by atoms with Crippen LogP contribution in [0.4, 0.5) is 0 Å². The summed E-state index contributed by atoms with van der Waals surface area (Å²) < 4.78 is 3.66. The van der Waals surface area contributed by atoms with E-state index in [9.17, 15) is 21.0 Å². The van der Waals surface area contributed by atoms with Gasteiger partial charge in [0, 0.05) is 13.1 Å². The van der Waals surface area contributed by atoms with Crippen LogP contribution in [0.2, 0.25) is 0 Å². The summed E-state index contributed by atoms with van der Waals surface area (Å²) in [5, 5.41) is 38.0. The Labute approximate surface area is 236 Å². The number of nitrogens with zero attached hydrogens (tertiary/aromatic N) is 8. The Morgan fingerprint density at radius 2 is 0.975 bits per heavy atom. The second-order valence-corrected chi connectivity index (χ2v) is 9.54. The first-order valence-electron chi connectivity index (χ1n) is 13.9. The minimum absolute atomic E-state index is 0.154. The highest BCUT2D eigenvalue weighted by atomic mass is 15.1. The zero-order chi connectivity index (χ0) is 28.7. The molecule has 0 unspecified atom stereocenters. The molecule has 0 aliphatic carbocycles. The first-order chi connectivity index (χ1) is 19.6. The zero-order valence-electron chi connectivity index (χ0n) is 23.3. The molecule has 0 aliphatic heterocycles. The molecule has 0 saturated heterocycles. The van der Waals surface area contributed by atoms with E-state index >= 15 is 0 Å². The van der Waals surface area contributed by atoms with E-state index < -0.39 is 0 Å². The van der Waals surface area contributed by atoms with Crippen LogP contribution in [0.3, 0.4) is 0 Å². The quantitative estimate of drug-likeness (QED) is 0.205. The van der Waals surface area contributed by atoms with Gasteiger partial charge in [0.05, 0.1) is 0 Å². The molecule has 0 radical (unpaired) electrons. The summed E-state index contributed by atoms with van der Waals surface area (Å²) in [4.78, 5) is 8.77. The molecule has 0 aliphatic rings. The molecule has 3 rings (SSSR count). The lowest BCUT2D eigenvalue weighted by atomic mass is 10.1. The minimum atomic E-state index is 0.154. The Bertz CT molecular complexity index is 1390. The maximum absolute atomic E-state index is 9.59. The van der Waals surface area contributed by atoms with Crippen LogP contribution in [-0.4, -0.2) is 19.1 Å². The summed E-state index contributed by atoms with van der Waals surface area (Å²) in [5.41, 5.74) is 2.82. The van der Waals surface area contributed by atoms with Crippen molar-refractivity contribution in [1.82, 2.24) is 19.1 Å². The van der Waals surface area contributed by atoms with E-state index in [4.69, 9.17) is 0 Å². The van der Waals surface area contributed by atoms with Gasteiger partial charge in [-0.15, -0.1) is 0 Å². The molecule has 0 amide bonds. The fourth-order valence-corrected chi connectivity index (χ4v) is 4.48. The predicted molar refractivity (Wildman–Crippen MR) is 156 cm³/mol. The van der Waals surface area contributed by atoms with Gasteiger partial charge in [-0.3, -0.25) is 0 Å². The normalized spacial score (nSPS) is 10.9. The maximum atomic E-state index is 9.59. The second kappa shape index (κ2) is 15.5. The van der Waals surface area contributed by atoms with Crippen molar-refractivity contribution in [2.45, 2.75) is 78.3 Å². The Morgan fingerprint density at radius 3 is 1.30 bits per heavy atom. The van der Waals surface area contributed by atoms with Crippen molar-refractivity contribution in [3.63, 3.8) is 0 Å². The van der Waals surface area contributed by atoms with Gasteiger partial charge >= 0.3 is 0 Å². The Morgan fingerprint density at radius 1 is 0.575 bits per heavy atom. The van der Waals surface area contributed by atoms with E-state index in [1.165, 1.54) is 0 Å². The largest absolute Gasteiger partial charge is 0.315 e.